The molecular weight excluding hydrogens is 344 g/mol. The molecule has 1 fully saturated rings. The molecule has 0 N–H and O–H groups in total. The zero-order valence-electron chi connectivity index (χ0n) is 16.1. The maximum absolute atomic E-state index is 12.7. The summed E-state index contributed by atoms with van der Waals surface area (Å²) in [6, 6.07) is 11.3. The van der Waals surface area contributed by atoms with Gasteiger partial charge in [-0.25, -0.2) is 0 Å². The van der Waals surface area contributed by atoms with E-state index < -0.39 is 0 Å². The first-order valence-electron chi connectivity index (χ1n) is 9.13. The number of amides is 1. The standard InChI is InChI=1S/C20H26N4O3/c1-23(2)18-9-10-19(22-21-18)27-17-8-5-11-24(14-17)20(25)13-15-6-4-7-16(12-15)26-3/h4,6-7,9-10,12,17H,5,8,11,13-14H2,1-3H3. The number of hydrogen-bond donors (Lipinski definition) is 0. The lowest BCUT2D eigenvalue weighted by Crippen LogP contribution is -2.45. The van der Waals surface area contributed by atoms with E-state index >= 15 is 0 Å². The summed E-state index contributed by atoms with van der Waals surface area (Å²) in [5.41, 5.74) is 0.951. The fourth-order valence-electron chi connectivity index (χ4n) is 3.11. The Kier molecular flexibility index (Phi) is 6.11. The summed E-state index contributed by atoms with van der Waals surface area (Å²) < 4.78 is 11.2. The average molecular weight is 370 g/mol. The predicted octanol–water partition coefficient (Wildman–Crippen LogP) is 2.16. The number of benzene rings is 1. The number of carbonyl (C=O) groups is 1. The van der Waals surface area contributed by atoms with E-state index in [1.807, 2.05) is 60.3 Å². The van der Waals surface area contributed by atoms with Crippen molar-refractivity contribution >= 4 is 11.7 Å². The largest absolute Gasteiger partial charge is 0.497 e. The molecule has 1 atom stereocenters. The van der Waals surface area contributed by atoms with Crippen molar-refractivity contribution in [1.29, 1.82) is 0 Å². The maximum Gasteiger partial charge on any atom is 0.233 e. The van der Waals surface area contributed by atoms with E-state index in [9.17, 15) is 4.79 Å². The van der Waals surface area contributed by atoms with Gasteiger partial charge in [0.25, 0.3) is 0 Å². The highest BCUT2D eigenvalue weighted by Gasteiger charge is 2.25. The molecule has 1 aliphatic rings. The zero-order valence-corrected chi connectivity index (χ0v) is 16.1. The lowest BCUT2D eigenvalue weighted by molar-refractivity contribution is -0.133. The van der Waals surface area contributed by atoms with Crippen LogP contribution in [0.25, 0.3) is 0 Å². The summed E-state index contributed by atoms with van der Waals surface area (Å²) in [6.45, 7) is 1.33. The van der Waals surface area contributed by atoms with Crippen LogP contribution in [-0.2, 0) is 11.2 Å². The van der Waals surface area contributed by atoms with Gasteiger partial charge < -0.3 is 19.3 Å². The van der Waals surface area contributed by atoms with Crippen LogP contribution in [0.2, 0.25) is 0 Å². The Morgan fingerprint density at radius 1 is 1.26 bits per heavy atom. The summed E-state index contributed by atoms with van der Waals surface area (Å²) in [6.07, 6.45) is 2.12. The zero-order chi connectivity index (χ0) is 19.2. The Bertz CT molecular complexity index is 764. The van der Waals surface area contributed by atoms with Gasteiger partial charge in [-0.1, -0.05) is 12.1 Å². The van der Waals surface area contributed by atoms with Gasteiger partial charge in [0.05, 0.1) is 20.1 Å². The number of nitrogens with zero attached hydrogens (tertiary/aromatic N) is 4. The molecule has 1 unspecified atom stereocenters. The van der Waals surface area contributed by atoms with Crippen LogP contribution in [0.4, 0.5) is 5.82 Å². The van der Waals surface area contributed by atoms with Gasteiger partial charge >= 0.3 is 0 Å². The van der Waals surface area contributed by atoms with Crippen LogP contribution in [0.5, 0.6) is 11.6 Å². The third-order valence-corrected chi connectivity index (χ3v) is 4.59. The molecule has 2 aromatic rings. The summed E-state index contributed by atoms with van der Waals surface area (Å²) in [5.74, 6) is 2.14. The molecule has 1 saturated heterocycles. The smallest absolute Gasteiger partial charge is 0.233 e. The van der Waals surface area contributed by atoms with Crippen molar-refractivity contribution < 1.29 is 14.3 Å². The number of likely N-dealkylation sites (tertiary alicyclic amines) is 1. The monoisotopic (exact) mass is 370 g/mol. The molecule has 144 valence electrons. The number of methoxy groups -OCH3 is 1. The van der Waals surface area contributed by atoms with Crippen LogP contribution < -0.4 is 14.4 Å². The van der Waals surface area contributed by atoms with Crippen molar-refractivity contribution in [3.05, 3.63) is 42.0 Å². The fourth-order valence-corrected chi connectivity index (χ4v) is 3.11. The minimum Gasteiger partial charge on any atom is -0.497 e. The van der Waals surface area contributed by atoms with Gasteiger partial charge in [0.2, 0.25) is 11.8 Å². The molecule has 2 heterocycles. The van der Waals surface area contributed by atoms with Gasteiger partial charge in [0, 0.05) is 26.7 Å². The van der Waals surface area contributed by atoms with Crippen LogP contribution in [0.3, 0.4) is 0 Å². The highest BCUT2D eigenvalue weighted by atomic mass is 16.5. The van der Waals surface area contributed by atoms with Gasteiger partial charge in [-0.2, -0.15) is 0 Å². The molecule has 7 nitrogen and oxygen atoms in total. The van der Waals surface area contributed by atoms with E-state index in [0.29, 0.717) is 18.8 Å². The molecule has 0 aliphatic carbocycles. The molecular formula is C20H26N4O3. The first-order valence-corrected chi connectivity index (χ1v) is 9.13. The Morgan fingerprint density at radius 2 is 2.11 bits per heavy atom. The van der Waals surface area contributed by atoms with Crippen molar-refractivity contribution in [3.63, 3.8) is 0 Å². The molecule has 1 aromatic heterocycles. The molecule has 0 bridgehead atoms. The van der Waals surface area contributed by atoms with Crippen LogP contribution in [-0.4, -0.2) is 61.4 Å². The Hall–Kier alpha value is -2.83. The van der Waals surface area contributed by atoms with Crippen LogP contribution in [0.1, 0.15) is 18.4 Å². The number of rotatable bonds is 6. The maximum atomic E-state index is 12.7. The van der Waals surface area contributed by atoms with Crippen molar-refractivity contribution in [2.45, 2.75) is 25.4 Å². The number of aromatic nitrogens is 2. The molecule has 3 rings (SSSR count). The summed E-state index contributed by atoms with van der Waals surface area (Å²) in [5, 5.41) is 8.25. The molecule has 1 amide bonds. The first-order chi connectivity index (χ1) is 13.0. The number of ether oxygens (including phenoxy) is 2. The highest BCUT2D eigenvalue weighted by molar-refractivity contribution is 5.79. The molecule has 0 radical (unpaired) electrons. The fraction of sp³-hybridized carbons (Fsp3) is 0.450. The van der Waals surface area contributed by atoms with Gasteiger partial charge in [-0.05, 0) is 36.6 Å². The molecule has 1 aromatic carbocycles. The Labute approximate surface area is 159 Å². The van der Waals surface area contributed by atoms with E-state index in [0.717, 1.165) is 36.5 Å². The minimum absolute atomic E-state index is 0.0625. The van der Waals surface area contributed by atoms with E-state index in [2.05, 4.69) is 10.2 Å². The molecule has 0 spiro atoms. The summed E-state index contributed by atoms with van der Waals surface area (Å²) >= 11 is 0. The van der Waals surface area contributed by atoms with Crippen molar-refractivity contribution in [1.82, 2.24) is 15.1 Å². The van der Waals surface area contributed by atoms with Gasteiger partial charge in [0.15, 0.2) is 5.82 Å². The van der Waals surface area contributed by atoms with E-state index in [-0.39, 0.29) is 12.0 Å². The van der Waals surface area contributed by atoms with E-state index in [1.165, 1.54) is 0 Å². The number of hydrogen-bond acceptors (Lipinski definition) is 6. The summed E-state index contributed by atoms with van der Waals surface area (Å²) in [7, 11) is 5.45. The topological polar surface area (TPSA) is 67.8 Å². The SMILES string of the molecule is COc1cccc(CC(=O)N2CCCC(Oc3ccc(N(C)C)nn3)C2)c1. The average Bonchev–Trinajstić information content (AvgIpc) is 2.68. The quantitative estimate of drug-likeness (QED) is 0.776. The van der Waals surface area contributed by atoms with Crippen LogP contribution >= 0.6 is 0 Å². The highest BCUT2D eigenvalue weighted by Crippen LogP contribution is 2.19. The Balaban J connectivity index is 1.57. The minimum atomic E-state index is -0.0625. The lowest BCUT2D eigenvalue weighted by atomic mass is 10.1. The van der Waals surface area contributed by atoms with E-state index in [1.54, 1.807) is 7.11 Å². The van der Waals surface area contributed by atoms with Crippen LogP contribution in [0, 0.1) is 0 Å². The van der Waals surface area contributed by atoms with Gasteiger partial charge in [-0.15, -0.1) is 10.2 Å². The second kappa shape index (κ2) is 8.70. The number of carbonyl (C=O) groups excluding carboxylic acids is 1. The molecule has 7 heteroatoms. The van der Waals surface area contributed by atoms with Crippen LogP contribution in [0.15, 0.2) is 36.4 Å². The van der Waals surface area contributed by atoms with Crippen molar-refractivity contribution in [3.8, 4) is 11.6 Å². The molecule has 1 aliphatic heterocycles. The second-order valence-corrected chi connectivity index (χ2v) is 6.87. The normalized spacial score (nSPS) is 16.7. The third-order valence-electron chi connectivity index (χ3n) is 4.59. The lowest BCUT2D eigenvalue weighted by Gasteiger charge is -2.32. The van der Waals surface area contributed by atoms with E-state index in [4.69, 9.17) is 9.47 Å². The first kappa shape index (κ1) is 18.9. The van der Waals surface area contributed by atoms with Crippen molar-refractivity contribution in [2.75, 3.05) is 39.2 Å². The third kappa shape index (κ3) is 5.09. The predicted molar refractivity (Wildman–Crippen MR) is 103 cm³/mol. The number of piperidine rings is 1. The second-order valence-electron chi connectivity index (χ2n) is 6.87. The van der Waals surface area contributed by atoms with Gasteiger partial charge in [-0.3, -0.25) is 4.79 Å². The molecule has 0 saturated carbocycles. The van der Waals surface area contributed by atoms with Crippen molar-refractivity contribution in [2.24, 2.45) is 0 Å². The molecule has 27 heavy (non-hydrogen) atoms. The van der Waals surface area contributed by atoms with Gasteiger partial charge in [0.1, 0.15) is 11.9 Å². The Morgan fingerprint density at radius 3 is 2.81 bits per heavy atom. The number of anilines is 1. The summed E-state index contributed by atoms with van der Waals surface area (Å²) in [4.78, 5) is 16.4.